The van der Waals surface area contributed by atoms with E-state index in [4.69, 9.17) is 9.92 Å². The van der Waals surface area contributed by atoms with Crippen LogP contribution >= 0.6 is 0 Å². The van der Waals surface area contributed by atoms with Crippen LogP contribution in [0.1, 0.15) is 27.0 Å². The summed E-state index contributed by atoms with van der Waals surface area (Å²) in [6.45, 7) is 5.48. The van der Waals surface area contributed by atoms with Crippen LogP contribution in [-0.2, 0) is 10.1 Å². The van der Waals surface area contributed by atoms with Crippen molar-refractivity contribution >= 4 is 16.0 Å². The maximum Gasteiger partial charge on any atom is 0.339 e. The van der Waals surface area contributed by atoms with Crippen molar-refractivity contribution in [2.24, 2.45) is 5.73 Å². The maximum absolute atomic E-state index is 12.4. The van der Waals surface area contributed by atoms with E-state index in [-0.39, 0.29) is 10.5 Å². The first kappa shape index (κ1) is 16.0. The second-order valence-corrected chi connectivity index (χ2v) is 6.63. The van der Waals surface area contributed by atoms with Crippen molar-refractivity contribution in [2.45, 2.75) is 25.7 Å². The molecule has 0 unspecified atom stereocenters. The Kier molecular flexibility index (Phi) is 4.23. The fraction of sp³-hybridized carbons (Fsp3) is 0.188. The highest BCUT2D eigenvalue weighted by molar-refractivity contribution is 7.87. The van der Waals surface area contributed by atoms with Gasteiger partial charge < -0.3 is 9.92 Å². The van der Waals surface area contributed by atoms with Gasteiger partial charge in [-0.25, -0.2) is 0 Å². The molecule has 5 nitrogen and oxygen atoms in total. The number of hydrogen-bond donors (Lipinski definition) is 1. The van der Waals surface area contributed by atoms with Gasteiger partial charge in [-0.3, -0.25) is 4.79 Å². The van der Waals surface area contributed by atoms with Crippen LogP contribution in [0.3, 0.4) is 0 Å². The Morgan fingerprint density at radius 3 is 2.05 bits per heavy atom. The van der Waals surface area contributed by atoms with E-state index in [1.165, 1.54) is 24.3 Å². The molecule has 0 aromatic heterocycles. The van der Waals surface area contributed by atoms with Gasteiger partial charge in [0.05, 0.1) is 0 Å². The molecule has 0 fully saturated rings. The molecule has 116 valence electrons. The van der Waals surface area contributed by atoms with Gasteiger partial charge in [-0.1, -0.05) is 12.1 Å². The normalized spacial score (nSPS) is 11.2. The van der Waals surface area contributed by atoms with Crippen molar-refractivity contribution in [3.63, 3.8) is 0 Å². The van der Waals surface area contributed by atoms with Gasteiger partial charge >= 0.3 is 10.1 Å². The van der Waals surface area contributed by atoms with E-state index in [9.17, 15) is 13.2 Å². The second-order valence-electron chi connectivity index (χ2n) is 5.08. The lowest BCUT2D eigenvalue weighted by molar-refractivity contribution is 0.1000. The number of rotatable bonds is 4. The van der Waals surface area contributed by atoms with Gasteiger partial charge in [0.25, 0.3) is 0 Å². The SMILES string of the molecule is Cc1ccc(C)c(OS(=O)(=O)c2ccc(C(N)=O)cc2)c1C. The first-order valence-corrected chi connectivity index (χ1v) is 8.04. The third kappa shape index (κ3) is 3.12. The Morgan fingerprint density at radius 2 is 1.50 bits per heavy atom. The van der Waals surface area contributed by atoms with E-state index in [1.807, 2.05) is 26.0 Å². The number of hydrogen-bond acceptors (Lipinski definition) is 4. The molecule has 0 radical (unpaired) electrons. The third-order valence-electron chi connectivity index (χ3n) is 3.49. The Hall–Kier alpha value is -2.34. The minimum atomic E-state index is -3.97. The van der Waals surface area contributed by atoms with E-state index in [0.717, 1.165) is 16.7 Å². The molecule has 6 heteroatoms. The lowest BCUT2D eigenvalue weighted by Crippen LogP contribution is -2.14. The quantitative estimate of drug-likeness (QED) is 0.877. The monoisotopic (exact) mass is 319 g/mol. The number of carbonyl (C=O) groups is 1. The fourth-order valence-electron chi connectivity index (χ4n) is 2.00. The molecule has 22 heavy (non-hydrogen) atoms. The van der Waals surface area contributed by atoms with Crippen molar-refractivity contribution in [1.82, 2.24) is 0 Å². The first-order valence-electron chi connectivity index (χ1n) is 6.63. The smallest absolute Gasteiger partial charge is 0.339 e. The van der Waals surface area contributed by atoms with Crippen molar-refractivity contribution in [3.8, 4) is 5.75 Å². The molecule has 1 amide bonds. The summed E-state index contributed by atoms with van der Waals surface area (Å²) >= 11 is 0. The van der Waals surface area contributed by atoms with Crippen molar-refractivity contribution < 1.29 is 17.4 Å². The molecule has 0 aliphatic carbocycles. The highest BCUT2D eigenvalue weighted by atomic mass is 32.2. The molecular weight excluding hydrogens is 302 g/mol. The molecule has 0 spiro atoms. The second kappa shape index (κ2) is 5.81. The van der Waals surface area contributed by atoms with Crippen LogP contribution in [0.25, 0.3) is 0 Å². The molecule has 0 saturated carbocycles. The van der Waals surface area contributed by atoms with Crippen LogP contribution in [0, 0.1) is 20.8 Å². The summed E-state index contributed by atoms with van der Waals surface area (Å²) in [5, 5.41) is 0. The summed E-state index contributed by atoms with van der Waals surface area (Å²) in [6, 6.07) is 9.03. The van der Waals surface area contributed by atoms with Crippen LogP contribution < -0.4 is 9.92 Å². The minimum absolute atomic E-state index is 0.0298. The predicted molar refractivity (Wildman–Crippen MR) is 83.4 cm³/mol. The molecule has 0 saturated heterocycles. The zero-order chi connectivity index (χ0) is 16.5. The van der Waals surface area contributed by atoms with Gasteiger partial charge in [0.1, 0.15) is 10.6 Å². The number of carbonyl (C=O) groups excluding carboxylic acids is 1. The zero-order valence-corrected chi connectivity index (χ0v) is 13.4. The zero-order valence-electron chi connectivity index (χ0n) is 12.6. The van der Waals surface area contributed by atoms with Gasteiger partial charge in [0, 0.05) is 5.56 Å². The van der Waals surface area contributed by atoms with Gasteiger partial charge in [0.15, 0.2) is 0 Å². The summed E-state index contributed by atoms with van der Waals surface area (Å²) in [5.41, 5.74) is 7.83. The van der Waals surface area contributed by atoms with E-state index < -0.39 is 16.0 Å². The molecule has 2 aromatic rings. The summed E-state index contributed by atoms with van der Waals surface area (Å²) in [5.74, 6) is -0.283. The Morgan fingerprint density at radius 1 is 0.955 bits per heavy atom. The number of benzene rings is 2. The summed E-state index contributed by atoms with van der Waals surface area (Å²) in [4.78, 5) is 11.0. The molecule has 0 heterocycles. The molecule has 2 N–H and O–H groups in total. The fourth-order valence-corrected chi connectivity index (χ4v) is 3.04. The molecular formula is C16H17NO4S. The summed E-state index contributed by atoms with van der Waals surface area (Å²) < 4.78 is 30.0. The first-order chi connectivity index (χ1) is 10.2. The van der Waals surface area contributed by atoms with Crippen LogP contribution in [0.15, 0.2) is 41.3 Å². The van der Waals surface area contributed by atoms with E-state index in [1.54, 1.807) is 6.92 Å². The van der Waals surface area contributed by atoms with Gasteiger partial charge in [-0.2, -0.15) is 8.42 Å². The highest BCUT2D eigenvalue weighted by Gasteiger charge is 2.20. The maximum atomic E-state index is 12.4. The van der Waals surface area contributed by atoms with Crippen LogP contribution in [-0.4, -0.2) is 14.3 Å². The average molecular weight is 319 g/mol. The van der Waals surface area contributed by atoms with Crippen molar-refractivity contribution in [2.75, 3.05) is 0 Å². The topological polar surface area (TPSA) is 86.5 Å². The van der Waals surface area contributed by atoms with E-state index >= 15 is 0 Å². The van der Waals surface area contributed by atoms with Crippen LogP contribution in [0.4, 0.5) is 0 Å². The van der Waals surface area contributed by atoms with E-state index in [2.05, 4.69) is 0 Å². The number of aryl methyl sites for hydroxylation is 2. The largest absolute Gasteiger partial charge is 0.378 e. The lowest BCUT2D eigenvalue weighted by Gasteiger charge is -2.13. The molecule has 2 rings (SSSR count). The van der Waals surface area contributed by atoms with E-state index in [0.29, 0.717) is 5.75 Å². The molecule has 0 bridgehead atoms. The van der Waals surface area contributed by atoms with Gasteiger partial charge in [0.2, 0.25) is 5.91 Å². The number of amides is 1. The number of nitrogens with two attached hydrogens (primary N) is 1. The van der Waals surface area contributed by atoms with Crippen molar-refractivity contribution in [3.05, 3.63) is 58.7 Å². The average Bonchev–Trinajstić information content (AvgIpc) is 2.48. The molecule has 0 atom stereocenters. The lowest BCUT2D eigenvalue weighted by atomic mass is 10.1. The molecule has 0 aliphatic rings. The third-order valence-corrected chi connectivity index (χ3v) is 4.73. The summed E-state index contributed by atoms with van der Waals surface area (Å²) in [6.07, 6.45) is 0. The van der Waals surface area contributed by atoms with Crippen LogP contribution in [0.2, 0.25) is 0 Å². The predicted octanol–water partition coefficient (Wildman–Crippen LogP) is 2.48. The Balaban J connectivity index is 2.40. The number of primary amides is 1. The van der Waals surface area contributed by atoms with Gasteiger partial charge in [-0.15, -0.1) is 0 Å². The Labute approximate surface area is 129 Å². The minimum Gasteiger partial charge on any atom is -0.378 e. The molecule has 2 aromatic carbocycles. The Bertz CT molecular complexity index is 824. The highest BCUT2D eigenvalue weighted by Crippen LogP contribution is 2.28. The van der Waals surface area contributed by atoms with Crippen LogP contribution in [0.5, 0.6) is 5.75 Å². The molecule has 0 aliphatic heterocycles. The summed E-state index contributed by atoms with van der Waals surface area (Å²) in [7, 11) is -3.97. The van der Waals surface area contributed by atoms with Crippen molar-refractivity contribution in [1.29, 1.82) is 0 Å². The van der Waals surface area contributed by atoms with Gasteiger partial charge in [-0.05, 0) is 61.7 Å². The standard InChI is InChI=1S/C16H17NO4S/c1-10-4-5-11(2)15(12(10)3)21-22(19,20)14-8-6-13(7-9-14)16(17)18/h4-9H,1-3H3,(H2,17,18).